The number of benzene rings is 2. The second-order valence-electron chi connectivity index (χ2n) is 6.20. The second-order valence-corrected chi connectivity index (χ2v) is 6.20. The lowest BCUT2D eigenvalue weighted by atomic mass is 10.1. The Morgan fingerprint density at radius 1 is 1.23 bits per heavy atom. The Balaban J connectivity index is 1.96. The molecule has 0 unspecified atom stereocenters. The summed E-state index contributed by atoms with van der Waals surface area (Å²) < 4.78 is 10.5. The van der Waals surface area contributed by atoms with Crippen molar-refractivity contribution < 1.29 is 24.2 Å². The molecule has 0 aliphatic heterocycles. The van der Waals surface area contributed by atoms with Gasteiger partial charge in [-0.1, -0.05) is 12.1 Å². The van der Waals surface area contributed by atoms with Crippen molar-refractivity contribution in [2.75, 3.05) is 19.0 Å². The van der Waals surface area contributed by atoms with E-state index >= 15 is 0 Å². The van der Waals surface area contributed by atoms with Crippen LogP contribution in [0.15, 0.2) is 54.2 Å². The summed E-state index contributed by atoms with van der Waals surface area (Å²) in [5.74, 6) is -0.0818. The summed E-state index contributed by atoms with van der Waals surface area (Å²) in [5.41, 5.74) is 4.08. The highest BCUT2D eigenvalue weighted by molar-refractivity contribution is 6.03. The van der Waals surface area contributed by atoms with Crippen LogP contribution < -0.4 is 20.2 Å². The van der Waals surface area contributed by atoms with Crippen LogP contribution >= 0.6 is 0 Å². The maximum atomic E-state index is 12.0. The van der Waals surface area contributed by atoms with Crippen LogP contribution in [0.2, 0.25) is 0 Å². The third-order valence-electron chi connectivity index (χ3n) is 3.92. The molecule has 3 N–H and O–H groups in total. The van der Waals surface area contributed by atoms with Crippen LogP contribution in [0, 0.1) is 0 Å². The van der Waals surface area contributed by atoms with Crippen LogP contribution in [-0.2, 0) is 16.0 Å². The Morgan fingerprint density at radius 3 is 2.73 bits per heavy atom. The molecule has 8 nitrogen and oxygen atoms in total. The van der Waals surface area contributed by atoms with E-state index in [1.54, 1.807) is 42.5 Å². The van der Waals surface area contributed by atoms with Crippen LogP contribution in [0.1, 0.15) is 24.5 Å². The predicted octanol–water partition coefficient (Wildman–Crippen LogP) is 3.01. The first-order valence-electron chi connectivity index (χ1n) is 9.32. The van der Waals surface area contributed by atoms with Gasteiger partial charge in [0, 0.05) is 17.3 Å². The van der Waals surface area contributed by atoms with Gasteiger partial charge in [-0.3, -0.25) is 9.59 Å². The van der Waals surface area contributed by atoms with Crippen molar-refractivity contribution in [3.8, 4) is 17.2 Å². The average Bonchev–Trinajstić information content (AvgIpc) is 2.71. The van der Waals surface area contributed by atoms with Gasteiger partial charge in [0.15, 0.2) is 11.5 Å². The molecular formula is C22H25N3O5. The Labute approximate surface area is 175 Å². The van der Waals surface area contributed by atoms with E-state index in [1.165, 1.54) is 13.3 Å². The fourth-order valence-corrected chi connectivity index (χ4v) is 2.61. The van der Waals surface area contributed by atoms with Gasteiger partial charge in [0.2, 0.25) is 11.8 Å². The second kappa shape index (κ2) is 11.3. The minimum absolute atomic E-state index is 0.0483. The smallest absolute Gasteiger partial charge is 0.249 e. The third-order valence-corrected chi connectivity index (χ3v) is 3.92. The van der Waals surface area contributed by atoms with Crippen LogP contribution in [0.25, 0.3) is 0 Å². The van der Waals surface area contributed by atoms with Crippen molar-refractivity contribution in [3.05, 3.63) is 60.2 Å². The zero-order chi connectivity index (χ0) is 21.9. The normalized spacial score (nSPS) is 10.5. The highest BCUT2D eigenvalue weighted by atomic mass is 16.5. The van der Waals surface area contributed by atoms with Gasteiger partial charge in [0.1, 0.15) is 12.2 Å². The first-order valence-corrected chi connectivity index (χ1v) is 9.32. The number of phenols is 1. The molecule has 0 aliphatic rings. The summed E-state index contributed by atoms with van der Waals surface area (Å²) in [7, 11) is 1.53. The molecular weight excluding hydrogens is 386 g/mol. The van der Waals surface area contributed by atoms with Crippen LogP contribution in [0.3, 0.4) is 0 Å². The van der Waals surface area contributed by atoms with Gasteiger partial charge >= 0.3 is 0 Å². The van der Waals surface area contributed by atoms with Crippen molar-refractivity contribution in [2.45, 2.75) is 19.8 Å². The number of carbonyl (C=O) groups is 2. The van der Waals surface area contributed by atoms with E-state index in [-0.39, 0.29) is 5.75 Å². The van der Waals surface area contributed by atoms with E-state index < -0.39 is 18.2 Å². The maximum Gasteiger partial charge on any atom is 0.249 e. The number of ether oxygens (including phenoxy) is 2. The molecule has 0 heterocycles. The largest absolute Gasteiger partial charge is 0.504 e. The van der Waals surface area contributed by atoms with Crippen LogP contribution in [-0.4, -0.2) is 36.9 Å². The Kier molecular flexibility index (Phi) is 8.43. The number of hydrogen-bond acceptors (Lipinski definition) is 6. The van der Waals surface area contributed by atoms with Crippen LogP contribution in [0.4, 0.5) is 5.69 Å². The highest BCUT2D eigenvalue weighted by Crippen LogP contribution is 2.31. The first-order chi connectivity index (χ1) is 14.5. The van der Waals surface area contributed by atoms with Crippen molar-refractivity contribution in [3.63, 3.8) is 0 Å². The molecule has 2 aromatic rings. The SMILES string of the molecule is C=CCc1cc(/C=N/NC(=O)CC(=O)Nc2cccc(OC)c2)cc(OCC)c1O. The monoisotopic (exact) mass is 411 g/mol. The quantitative estimate of drug-likeness (QED) is 0.241. The number of hydrogen-bond donors (Lipinski definition) is 3. The molecule has 2 aromatic carbocycles. The van der Waals surface area contributed by atoms with E-state index in [2.05, 4.69) is 22.4 Å². The summed E-state index contributed by atoms with van der Waals surface area (Å²) in [5, 5.41) is 16.7. The lowest BCUT2D eigenvalue weighted by molar-refractivity contribution is -0.126. The fraction of sp³-hybridized carbons (Fsp3) is 0.227. The van der Waals surface area contributed by atoms with E-state index in [0.29, 0.717) is 41.3 Å². The number of allylic oxidation sites excluding steroid dienone is 1. The number of hydrazone groups is 1. The van der Waals surface area contributed by atoms with E-state index in [0.717, 1.165) is 0 Å². The van der Waals surface area contributed by atoms with Gasteiger partial charge in [-0.2, -0.15) is 5.10 Å². The summed E-state index contributed by atoms with van der Waals surface area (Å²) >= 11 is 0. The Morgan fingerprint density at radius 2 is 2.03 bits per heavy atom. The molecule has 30 heavy (non-hydrogen) atoms. The number of carbonyl (C=O) groups excluding carboxylic acids is 2. The summed E-state index contributed by atoms with van der Waals surface area (Å²) in [4.78, 5) is 24.0. The van der Waals surface area contributed by atoms with Gasteiger partial charge in [0.25, 0.3) is 0 Å². The molecule has 2 amide bonds. The number of rotatable bonds is 10. The average molecular weight is 411 g/mol. The number of nitrogens with one attached hydrogen (secondary N) is 2. The van der Waals surface area contributed by atoms with Gasteiger partial charge in [-0.15, -0.1) is 6.58 Å². The molecule has 0 atom stereocenters. The van der Waals surface area contributed by atoms with Crippen LogP contribution in [0.5, 0.6) is 17.2 Å². The number of aromatic hydroxyl groups is 1. The number of phenolic OH excluding ortho intramolecular Hbond substituents is 1. The van der Waals surface area contributed by atoms with E-state index in [9.17, 15) is 14.7 Å². The Bertz CT molecular complexity index is 940. The van der Waals surface area contributed by atoms with E-state index in [1.807, 2.05) is 6.92 Å². The number of anilines is 1. The highest BCUT2D eigenvalue weighted by Gasteiger charge is 2.11. The minimum atomic E-state index is -0.568. The van der Waals surface area contributed by atoms with Gasteiger partial charge < -0.3 is 19.9 Å². The number of nitrogens with zero attached hydrogens (tertiary/aromatic N) is 1. The maximum absolute atomic E-state index is 12.0. The molecule has 0 radical (unpaired) electrons. The van der Waals surface area contributed by atoms with Crippen molar-refractivity contribution in [1.82, 2.24) is 5.43 Å². The molecule has 158 valence electrons. The van der Waals surface area contributed by atoms with Crippen molar-refractivity contribution in [2.24, 2.45) is 5.10 Å². The molecule has 0 fully saturated rings. The molecule has 0 aromatic heterocycles. The molecule has 8 heteroatoms. The lowest BCUT2D eigenvalue weighted by Gasteiger charge is -2.10. The standard InChI is InChI=1S/C22H25N3O5/c1-4-7-16-10-15(11-19(22(16)28)30-5-2)14-23-25-21(27)13-20(26)24-17-8-6-9-18(12-17)29-3/h4,6,8-12,14,28H,1,5,7,13H2,2-3H3,(H,24,26)(H,25,27)/b23-14+. The molecule has 0 spiro atoms. The van der Waals surface area contributed by atoms with Crippen molar-refractivity contribution >= 4 is 23.7 Å². The molecule has 0 bridgehead atoms. The number of amides is 2. The minimum Gasteiger partial charge on any atom is -0.504 e. The van der Waals surface area contributed by atoms with E-state index in [4.69, 9.17) is 9.47 Å². The zero-order valence-corrected chi connectivity index (χ0v) is 17.0. The molecule has 0 aliphatic carbocycles. The lowest BCUT2D eigenvalue weighted by Crippen LogP contribution is -2.24. The van der Waals surface area contributed by atoms with Gasteiger partial charge in [0.05, 0.1) is 19.9 Å². The molecule has 0 saturated carbocycles. The first kappa shape index (κ1) is 22.5. The fourth-order valence-electron chi connectivity index (χ4n) is 2.61. The Hall–Kier alpha value is -3.81. The van der Waals surface area contributed by atoms with Crippen molar-refractivity contribution in [1.29, 1.82) is 0 Å². The van der Waals surface area contributed by atoms with Gasteiger partial charge in [-0.25, -0.2) is 5.43 Å². The summed E-state index contributed by atoms with van der Waals surface area (Å²) in [6.45, 7) is 5.87. The zero-order valence-electron chi connectivity index (χ0n) is 17.0. The molecule has 2 rings (SSSR count). The summed E-state index contributed by atoms with van der Waals surface area (Å²) in [6.07, 6.45) is 3.13. The topological polar surface area (TPSA) is 109 Å². The summed E-state index contributed by atoms with van der Waals surface area (Å²) in [6, 6.07) is 10.1. The molecule has 0 saturated heterocycles. The third kappa shape index (κ3) is 6.66. The van der Waals surface area contributed by atoms with Gasteiger partial charge in [-0.05, 0) is 43.2 Å². The number of methoxy groups -OCH3 is 1. The predicted molar refractivity (Wildman–Crippen MR) is 115 cm³/mol.